The van der Waals surface area contributed by atoms with Gasteiger partial charge in [0.15, 0.2) is 0 Å². The molecule has 3 heteroatoms. The van der Waals surface area contributed by atoms with Crippen LogP contribution < -0.4 is 5.32 Å². The highest BCUT2D eigenvalue weighted by atomic mass is 16.3. The molecule has 0 aromatic heterocycles. The maximum atomic E-state index is 9.48. The molecule has 13 heavy (non-hydrogen) atoms. The Labute approximate surface area is 79.8 Å². The van der Waals surface area contributed by atoms with E-state index in [0.29, 0.717) is 12.3 Å². The zero-order chi connectivity index (χ0) is 9.52. The van der Waals surface area contributed by atoms with Crippen LogP contribution >= 0.6 is 0 Å². The number of nitriles is 1. The van der Waals surface area contributed by atoms with E-state index in [-0.39, 0.29) is 6.10 Å². The third-order valence-electron chi connectivity index (χ3n) is 2.41. The molecule has 1 unspecified atom stereocenters. The van der Waals surface area contributed by atoms with Gasteiger partial charge < -0.3 is 10.4 Å². The van der Waals surface area contributed by atoms with Gasteiger partial charge in [-0.3, -0.25) is 0 Å². The number of hydrogen-bond donors (Lipinski definition) is 2. The Balaban J connectivity index is 1.81. The molecule has 0 radical (unpaired) electrons. The lowest BCUT2D eigenvalue weighted by molar-refractivity contribution is 0.149. The molecular weight excluding hydrogens is 164 g/mol. The molecule has 1 atom stereocenters. The average Bonchev–Trinajstić information content (AvgIpc) is 2.93. The normalized spacial score (nSPS) is 18.2. The van der Waals surface area contributed by atoms with Crippen LogP contribution in [-0.4, -0.2) is 24.3 Å². The molecule has 3 nitrogen and oxygen atoms in total. The maximum Gasteiger partial charge on any atom is 0.0692 e. The first kappa shape index (κ1) is 10.5. The van der Waals surface area contributed by atoms with Crippen molar-refractivity contribution in [3.63, 3.8) is 0 Å². The molecule has 0 saturated heterocycles. The second-order valence-electron chi connectivity index (χ2n) is 3.72. The van der Waals surface area contributed by atoms with Gasteiger partial charge in [0.2, 0.25) is 0 Å². The molecule has 0 spiro atoms. The largest absolute Gasteiger partial charge is 0.392 e. The Kier molecular flexibility index (Phi) is 4.81. The van der Waals surface area contributed by atoms with Gasteiger partial charge in [-0.15, -0.1) is 0 Å². The lowest BCUT2D eigenvalue weighted by Crippen LogP contribution is -2.28. The van der Waals surface area contributed by atoms with Crippen LogP contribution in [0.15, 0.2) is 0 Å². The Morgan fingerprint density at radius 1 is 1.46 bits per heavy atom. The van der Waals surface area contributed by atoms with Crippen molar-refractivity contribution in [3.8, 4) is 6.07 Å². The van der Waals surface area contributed by atoms with Gasteiger partial charge in [0.05, 0.1) is 12.2 Å². The van der Waals surface area contributed by atoms with Gasteiger partial charge in [0.1, 0.15) is 0 Å². The summed E-state index contributed by atoms with van der Waals surface area (Å²) in [7, 11) is 0. The zero-order valence-corrected chi connectivity index (χ0v) is 8.00. The maximum absolute atomic E-state index is 9.48. The van der Waals surface area contributed by atoms with Crippen LogP contribution in [0.1, 0.15) is 32.1 Å². The first-order valence-corrected chi connectivity index (χ1v) is 5.10. The van der Waals surface area contributed by atoms with Gasteiger partial charge in [-0.25, -0.2) is 0 Å². The highest BCUT2D eigenvalue weighted by Crippen LogP contribution is 2.32. The first-order chi connectivity index (χ1) is 6.34. The SMILES string of the molecule is N#CCCCCNCC(O)C1CC1. The molecule has 1 aliphatic carbocycles. The number of hydrogen-bond acceptors (Lipinski definition) is 3. The van der Waals surface area contributed by atoms with E-state index >= 15 is 0 Å². The highest BCUT2D eigenvalue weighted by molar-refractivity contribution is 4.81. The summed E-state index contributed by atoms with van der Waals surface area (Å²) in [6.07, 6.45) is 4.88. The van der Waals surface area contributed by atoms with Gasteiger partial charge in [-0.1, -0.05) is 0 Å². The topological polar surface area (TPSA) is 56.0 Å². The summed E-state index contributed by atoms with van der Waals surface area (Å²) in [6, 6.07) is 2.12. The van der Waals surface area contributed by atoms with E-state index in [4.69, 9.17) is 5.26 Å². The van der Waals surface area contributed by atoms with Crippen LogP contribution in [-0.2, 0) is 0 Å². The van der Waals surface area contributed by atoms with Crippen LogP contribution in [0.4, 0.5) is 0 Å². The average molecular weight is 182 g/mol. The molecule has 2 N–H and O–H groups in total. The summed E-state index contributed by atoms with van der Waals surface area (Å²) < 4.78 is 0. The van der Waals surface area contributed by atoms with E-state index in [1.165, 1.54) is 12.8 Å². The first-order valence-electron chi connectivity index (χ1n) is 5.10. The molecule has 1 saturated carbocycles. The number of aliphatic hydroxyl groups excluding tert-OH is 1. The minimum absolute atomic E-state index is 0.143. The molecule has 0 amide bonds. The molecule has 74 valence electrons. The van der Waals surface area contributed by atoms with E-state index in [1.54, 1.807) is 0 Å². The van der Waals surface area contributed by atoms with Crippen LogP contribution in [0.25, 0.3) is 0 Å². The second kappa shape index (κ2) is 5.95. The molecule has 0 aromatic rings. The van der Waals surface area contributed by atoms with Crippen LogP contribution in [0, 0.1) is 17.2 Å². The number of nitrogens with zero attached hydrogens (tertiary/aromatic N) is 1. The van der Waals surface area contributed by atoms with Crippen molar-refractivity contribution in [2.45, 2.75) is 38.2 Å². The predicted molar refractivity (Wildman–Crippen MR) is 51.1 cm³/mol. The van der Waals surface area contributed by atoms with Gasteiger partial charge in [-0.2, -0.15) is 5.26 Å². The number of rotatable bonds is 7. The standard InChI is InChI=1S/C10H18N2O/c11-6-2-1-3-7-12-8-10(13)9-4-5-9/h9-10,12-13H,1-5,7-8H2. The fraction of sp³-hybridized carbons (Fsp3) is 0.900. The molecular formula is C10H18N2O. The quantitative estimate of drug-likeness (QED) is 0.578. The van der Waals surface area contributed by atoms with Crippen LogP contribution in [0.2, 0.25) is 0 Å². The van der Waals surface area contributed by atoms with Gasteiger partial charge in [-0.05, 0) is 38.1 Å². The Morgan fingerprint density at radius 3 is 2.85 bits per heavy atom. The van der Waals surface area contributed by atoms with Crippen molar-refractivity contribution >= 4 is 0 Å². The van der Waals surface area contributed by atoms with Crippen molar-refractivity contribution in [2.75, 3.05) is 13.1 Å². The number of nitrogens with one attached hydrogen (secondary N) is 1. The van der Waals surface area contributed by atoms with Crippen molar-refractivity contribution in [2.24, 2.45) is 5.92 Å². The van der Waals surface area contributed by atoms with Crippen molar-refractivity contribution in [1.82, 2.24) is 5.32 Å². The van der Waals surface area contributed by atoms with Gasteiger partial charge >= 0.3 is 0 Å². The van der Waals surface area contributed by atoms with Crippen molar-refractivity contribution < 1.29 is 5.11 Å². The van der Waals surface area contributed by atoms with Gasteiger partial charge in [0, 0.05) is 13.0 Å². The van der Waals surface area contributed by atoms with Crippen molar-refractivity contribution in [1.29, 1.82) is 5.26 Å². The summed E-state index contributed by atoms with van der Waals surface area (Å²) >= 11 is 0. The fourth-order valence-electron chi connectivity index (χ4n) is 1.35. The predicted octanol–water partition coefficient (Wildman–Crippen LogP) is 1.04. The molecule has 0 heterocycles. The Bertz CT molecular complexity index is 172. The zero-order valence-electron chi connectivity index (χ0n) is 8.00. The summed E-state index contributed by atoms with van der Waals surface area (Å²) in [4.78, 5) is 0. The van der Waals surface area contributed by atoms with E-state index in [1.807, 2.05) is 0 Å². The summed E-state index contributed by atoms with van der Waals surface area (Å²) in [5, 5.41) is 21.0. The molecule has 0 bridgehead atoms. The minimum atomic E-state index is -0.143. The minimum Gasteiger partial charge on any atom is -0.392 e. The number of aliphatic hydroxyl groups is 1. The summed E-state index contributed by atoms with van der Waals surface area (Å²) in [6.45, 7) is 1.64. The van der Waals surface area contributed by atoms with Crippen LogP contribution in [0.5, 0.6) is 0 Å². The van der Waals surface area contributed by atoms with E-state index in [0.717, 1.165) is 25.9 Å². The third-order valence-corrected chi connectivity index (χ3v) is 2.41. The number of unbranched alkanes of at least 4 members (excludes halogenated alkanes) is 2. The third kappa shape index (κ3) is 4.87. The highest BCUT2D eigenvalue weighted by Gasteiger charge is 2.28. The molecule has 1 rings (SSSR count). The molecule has 1 fully saturated rings. The lowest BCUT2D eigenvalue weighted by atomic mass is 10.2. The van der Waals surface area contributed by atoms with E-state index < -0.39 is 0 Å². The second-order valence-corrected chi connectivity index (χ2v) is 3.72. The van der Waals surface area contributed by atoms with E-state index in [2.05, 4.69) is 11.4 Å². The van der Waals surface area contributed by atoms with E-state index in [9.17, 15) is 5.11 Å². The molecule has 0 aromatic carbocycles. The summed E-state index contributed by atoms with van der Waals surface area (Å²) in [5.74, 6) is 0.562. The monoisotopic (exact) mass is 182 g/mol. The smallest absolute Gasteiger partial charge is 0.0692 e. The fourth-order valence-corrected chi connectivity index (χ4v) is 1.35. The Hall–Kier alpha value is -0.590. The summed E-state index contributed by atoms with van der Waals surface area (Å²) in [5.41, 5.74) is 0. The Morgan fingerprint density at radius 2 is 2.23 bits per heavy atom. The van der Waals surface area contributed by atoms with Crippen molar-refractivity contribution in [3.05, 3.63) is 0 Å². The lowest BCUT2D eigenvalue weighted by Gasteiger charge is -2.09. The molecule has 0 aliphatic heterocycles. The molecule has 1 aliphatic rings. The van der Waals surface area contributed by atoms with Crippen LogP contribution in [0.3, 0.4) is 0 Å². The van der Waals surface area contributed by atoms with Gasteiger partial charge in [0.25, 0.3) is 0 Å².